The van der Waals surface area contributed by atoms with Crippen molar-refractivity contribution in [1.29, 1.82) is 0 Å². The fraction of sp³-hybridized carbons (Fsp3) is 0.318. The number of anilines is 1. The predicted octanol–water partition coefficient (Wildman–Crippen LogP) is 5.20. The smallest absolute Gasteiger partial charge is 0.253 e. The summed E-state index contributed by atoms with van der Waals surface area (Å²) in [6.07, 6.45) is 5.37. The highest BCUT2D eigenvalue weighted by atomic mass is 35.5. The van der Waals surface area contributed by atoms with Crippen LogP contribution in [0.3, 0.4) is 0 Å². The molecule has 0 bridgehead atoms. The molecule has 0 aromatic heterocycles. The van der Waals surface area contributed by atoms with Gasteiger partial charge in [-0.1, -0.05) is 53.6 Å². The summed E-state index contributed by atoms with van der Waals surface area (Å²) in [6, 6.07) is 11.4. The number of hydrogen-bond acceptors (Lipinski definition) is 3. The monoisotopic (exact) mass is 416 g/mol. The topological polar surface area (TPSA) is 50.4 Å². The molecule has 0 fully saturated rings. The Balaban J connectivity index is 1.75. The Labute approximate surface area is 174 Å². The number of carbonyl (C=O) groups is 1. The SMILES string of the molecule is COCCNC(=O)c1cccc2c1NC(c1c(Cl)cccc1Cl)C1CC=CC21. The summed E-state index contributed by atoms with van der Waals surface area (Å²) in [7, 11) is 1.61. The molecular weight excluding hydrogens is 395 g/mol. The lowest BCUT2D eigenvalue weighted by atomic mass is 9.76. The van der Waals surface area contributed by atoms with Crippen molar-refractivity contribution in [2.45, 2.75) is 18.4 Å². The zero-order valence-electron chi connectivity index (χ0n) is 15.5. The highest BCUT2D eigenvalue weighted by molar-refractivity contribution is 6.36. The van der Waals surface area contributed by atoms with Gasteiger partial charge in [0.1, 0.15) is 0 Å². The van der Waals surface area contributed by atoms with Crippen molar-refractivity contribution in [2.24, 2.45) is 5.92 Å². The van der Waals surface area contributed by atoms with Crippen LogP contribution in [0.1, 0.15) is 39.9 Å². The van der Waals surface area contributed by atoms with Crippen LogP contribution in [0.15, 0.2) is 48.6 Å². The molecule has 3 atom stereocenters. The van der Waals surface area contributed by atoms with Gasteiger partial charge >= 0.3 is 0 Å². The average Bonchev–Trinajstić information content (AvgIpc) is 3.18. The first kappa shape index (κ1) is 19.3. The highest BCUT2D eigenvalue weighted by Crippen LogP contribution is 2.52. The highest BCUT2D eigenvalue weighted by Gasteiger charge is 2.40. The number of benzene rings is 2. The molecule has 4 nitrogen and oxygen atoms in total. The number of carbonyl (C=O) groups excluding carboxylic acids is 1. The van der Waals surface area contributed by atoms with Gasteiger partial charge in [0.2, 0.25) is 0 Å². The van der Waals surface area contributed by atoms with E-state index >= 15 is 0 Å². The number of fused-ring (bicyclic) bond motifs is 3. The quantitative estimate of drug-likeness (QED) is 0.520. The van der Waals surface area contributed by atoms with Crippen molar-refractivity contribution < 1.29 is 9.53 Å². The molecule has 2 aromatic rings. The van der Waals surface area contributed by atoms with Crippen molar-refractivity contribution in [1.82, 2.24) is 5.32 Å². The predicted molar refractivity (Wildman–Crippen MR) is 113 cm³/mol. The number of allylic oxidation sites excluding steroid dienone is 2. The fourth-order valence-corrected chi connectivity index (χ4v) is 4.90. The van der Waals surface area contributed by atoms with E-state index in [9.17, 15) is 4.79 Å². The van der Waals surface area contributed by atoms with Crippen LogP contribution in [0.4, 0.5) is 5.69 Å². The van der Waals surface area contributed by atoms with Crippen LogP contribution in [0, 0.1) is 5.92 Å². The first-order valence-corrected chi connectivity index (χ1v) is 10.1. The normalized spacial score (nSPS) is 22.3. The maximum atomic E-state index is 12.8. The summed E-state index contributed by atoms with van der Waals surface area (Å²) in [5.41, 5.74) is 3.51. The van der Waals surface area contributed by atoms with Gasteiger partial charge in [0.05, 0.1) is 23.9 Å². The minimum atomic E-state index is -0.120. The average molecular weight is 417 g/mol. The lowest BCUT2D eigenvalue weighted by molar-refractivity contribution is 0.0937. The van der Waals surface area contributed by atoms with Gasteiger partial charge < -0.3 is 15.4 Å². The number of methoxy groups -OCH3 is 1. The van der Waals surface area contributed by atoms with Crippen LogP contribution in [-0.2, 0) is 4.74 Å². The second-order valence-electron chi connectivity index (χ2n) is 7.13. The minimum absolute atomic E-state index is 0.0679. The molecule has 2 aromatic carbocycles. The third-order valence-corrected chi connectivity index (χ3v) is 6.20. The third-order valence-electron chi connectivity index (χ3n) is 5.54. The molecule has 0 spiro atoms. The Kier molecular flexibility index (Phi) is 5.63. The zero-order valence-corrected chi connectivity index (χ0v) is 17.1. The number of para-hydroxylation sites is 1. The lowest BCUT2D eigenvalue weighted by Crippen LogP contribution is -2.33. The molecule has 1 heterocycles. The molecule has 1 aliphatic heterocycles. The Morgan fingerprint density at radius 3 is 2.71 bits per heavy atom. The van der Waals surface area contributed by atoms with Crippen LogP contribution >= 0.6 is 23.2 Å². The maximum Gasteiger partial charge on any atom is 0.253 e. The van der Waals surface area contributed by atoms with Gasteiger partial charge in [-0.05, 0) is 36.1 Å². The summed E-state index contributed by atoms with van der Waals surface area (Å²) in [6.45, 7) is 0.935. The molecule has 4 rings (SSSR count). The Morgan fingerprint density at radius 2 is 1.96 bits per heavy atom. The summed E-state index contributed by atoms with van der Waals surface area (Å²) >= 11 is 13.1. The van der Waals surface area contributed by atoms with Gasteiger partial charge in [-0.2, -0.15) is 0 Å². The first-order valence-electron chi connectivity index (χ1n) is 9.39. The molecule has 0 saturated heterocycles. The van der Waals surface area contributed by atoms with Gasteiger partial charge in [-0.25, -0.2) is 0 Å². The summed E-state index contributed by atoms with van der Waals surface area (Å²) < 4.78 is 5.03. The lowest BCUT2D eigenvalue weighted by Gasteiger charge is -2.39. The van der Waals surface area contributed by atoms with E-state index in [1.165, 1.54) is 0 Å². The molecule has 146 valence electrons. The molecule has 3 unspecified atom stereocenters. The van der Waals surface area contributed by atoms with Crippen molar-refractivity contribution in [3.8, 4) is 0 Å². The molecule has 28 heavy (non-hydrogen) atoms. The Hall–Kier alpha value is -2.01. The van der Waals surface area contributed by atoms with E-state index in [0.29, 0.717) is 34.7 Å². The van der Waals surface area contributed by atoms with Crippen LogP contribution in [0.5, 0.6) is 0 Å². The standard InChI is InChI=1S/C22H22Cl2N2O2/c1-28-12-11-25-22(27)16-8-3-6-14-13-5-2-7-15(13)21(26-20(14)16)19-17(23)9-4-10-18(19)24/h2-6,8-10,13,15,21,26H,7,11-12H2,1H3,(H,25,27). The summed E-state index contributed by atoms with van der Waals surface area (Å²) in [5, 5.41) is 7.80. The van der Waals surface area contributed by atoms with E-state index in [1.807, 2.05) is 30.3 Å². The molecule has 1 aliphatic carbocycles. The van der Waals surface area contributed by atoms with Crippen molar-refractivity contribution in [2.75, 3.05) is 25.6 Å². The maximum absolute atomic E-state index is 12.8. The van der Waals surface area contributed by atoms with Crippen molar-refractivity contribution in [3.05, 3.63) is 75.3 Å². The molecular formula is C22H22Cl2N2O2. The van der Waals surface area contributed by atoms with E-state index in [1.54, 1.807) is 7.11 Å². The van der Waals surface area contributed by atoms with Gasteiger partial charge in [0.15, 0.2) is 0 Å². The first-order chi connectivity index (χ1) is 13.6. The van der Waals surface area contributed by atoms with Crippen LogP contribution in [0.25, 0.3) is 0 Å². The molecule has 1 amide bonds. The summed E-state index contributed by atoms with van der Waals surface area (Å²) in [4.78, 5) is 12.8. The fourth-order valence-electron chi connectivity index (χ4n) is 4.27. The van der Waals surface area contributed by atoms with Crippen LogP contribution in [0.2, 0.25) is 10.0 Å². The van der Waals surface area contributed by atoms with E-state index in [0.717, 1.165) is 23.2 Å². The Bertz CT molecular complexity index is 908. The largest absolute Gasteiger partial charge is 0.383 e. The minimum Gasteiger partial charge on any atom is -0.383 e. The van der Waals surface area contributed by atoms with Gasteiger partial charge in [0.25, 0.3) is 5.91 Å². The van der Waals surface area contributed by atoms with Crippen LogP contribution < -0.4 is 10.6 Å². The number of halogens is 2. The number of rotatable bonds is 5. The second kappa shape index (κ2) is 8.16. The van der Waals surface area contributed by atoms with Crippen molar-refractivity contribution >= 4 is 34.8 Å². The van der Waals surface area contributed by atoms with E-state index in [-0.39, 0.29) is 17.9 Å². The Morgan fingerprint density at radius 1 is 1.21 bits per heavy atom. The molecule has 2 N–H and O–H groups in total. The zero-order chi connectivity index (χ0) is 19.7. The van der Waals surface area contributed by atoms with Gasteiger partial charge in [-0.15, -0.1) is 0 Å². The van der Waals surface area contributed by atoms with E-state index in [4.69, 9.17) is 27.9 Å². The molecule has 6 heteroatoms. The second-order valence-corrected chi connectivity index (χ2v) is 7.94. The van der Waals surface area contributed by atoms with Crippen molar-refractivity contribution in [3.63, 3.8) is 0 Å². The third kappa shape index (κ3) is 3.41. The number of hydrogen-bond donors (Lipinski definition) is 2. The van der Waals surface area contributed by atoms with Crippen LogP contribution in [-0.4, -0.2) is 26.2 Å². The number of nitrogens with one attached hydrogen (secondary N) is 2. The van der Waals surface area contributed by atoms with E-state index < -0.39 is 0 Å². The number of ether oxygens (including phenoxy) is 1. The van der Waals surface area contributed by atoms with Gasteiger partial charge in [0, 0.05) is 35.2 Å². The van der Waals surface area contributed by atoms with E-state index in [2.05, 4.69) is 28.9 Å². The number of amides is 1. The molecule has 2 aliphatic rings. The summed E-state index contributed by atoms with van der Waals surface area (Å²) in [5.74, 6) is 0.405. The molecule has 0 saturated carbocycles. The molecule has 0 radical (unpaired) electrons. The van der Waals surface area contributed by atoms with Gasteiger partial charge in [-0.3, -0.25) is 4.79 Å².